The molecule has 0 aromatic carbocycles. The molecule has 1 fully saturated rings. The zero-order valence-electron chi connectivity index (χ0n) is 11.3. The van der Waals surface area contributed by atoms with Gasteiger partial charge in [0.05, 0.1) is 11.7 Å². The highest BCUT2D eigenvalue weighted by Crippen LogP contribution is 2.32. The zero-order valence-corrected chi connectivity index (χ0v) is 11.3. The molecule has 2 amide bonds. The van der Waals surface area contributed by atoms with Gasteiger partial charge in [0.25, 0.3) is 0 Å². The SMILES string of the molecule is CCC(C)NC(=O)N1CCCC1c1cc(C)no1. The molecule has 1 saturated heterocycles. The van der Waals surface area contributed by atoms with E-state index in [1.807, 2.05) is 24.8 Å². The molecule has 2 atom stereocenters. The van der Waals surface area contributed by atoms with Crippen molar-refractivity contribution in [2.45, 2.75) is 52.1 Å². The van der Waals surface area contributed by atoms with Crippen molar-refractivity contribution < 1.29 is 9.32 Å². The normalized spacial score (nSPS) is 21.1. The fourth-order valence-corrected chi connectivity index (χ4v) is 2.24. The second-order valence-electron chi connectivity index (χ2n) is 4.98. The van der Waals surface area contributed by atoms with Crippen molar-refractivity contribution in [3.8, 4) is 0 Å². The van der Waals surface area contributed by atoms with Crippen molar-refractivity contribution in [2.75, 3.05) is 6.54 Å². The molecular formula is C13H21N3O2. The van der Waals surface area contributed by atoms with Crippen LogP contribution in [0.2, 0.25) is 0 Å². The van der Waals surface area contributed by atoms with Crippen LogP contribution < -0.4 is 5.32 Å². The maximum atomic E-state index is 12.2. The highest BCUT2D eigenvalue weighted by Gasteiger charge is 2.32. The number of carbonyl (C=O) groups excluding carboxylic acids is 1. The van der Waals surface area contributed by atoms with Gasteiger partial charge in [-0.25, -0.2) is 4.79 Å². The highest BCUT2D eigenvalue weighted by molar-refractivity contribution is 5.75. The second-order valence-corrected chi connectivity index (χ2v) is 4.98. The fourth-order valence-electron chi connectivity index (χ4n) is 2.24. The van der Waals surface area contributed by atoms with Crippen LogP contribution in [0.5, 0.6) is 0 Å². The minimum Gasteiger partial charge on any atom is -0.359 e. The van der Waals surface area contributed by atoms with Crippen LogP contribution >= 0.6 is 0 Å². The molecule has 1 N–H and O–H groups in total. The Morgan fingerprint density at radius 3 is 3.11 bits per heavy atom. The molecule has 0 aliphatic carbocycles. The molecule has 2 heterocycles. The van der Waals surface area contributed by atoms with Gasteiger partial charge in [0.1, 0.15) is 0 Å². The van der Waals surface area contributed by atoms with E-state index in [0.29, 0.717) is 0 Å². The Bertz CT molecular complexity index is 416. The Hall–Kier alpha value is -1.52. The maximum Gasteiger partial charge on any atom is 0.318 e. The van der Waals surface area contributed by atoms with Crippen LogP contribution in [-0.2, 0) is 0 Å². The lowest BCUT2D eigenvalue weighted by Crippen LogP contribution is -2.43. The van der Waals surface area contributed by atoms with E-state index in [9.17, 15) is 4.79 Å². The minimum atomic E-state index is 0.000836. The molecule has 0 saturated carbocycles. The summed E-state index contributed by atoms with van der Waals surface area (Å²) in [6.45, 7) is 6.76. The molecular weight excluding hydrogens is 230 g/mol. The van der Waals surface area contributed by atoms with Gasteiger partial charge in [-0.05, 0) is 33.1 Å². The Balaban J connectivity index is 2.05. The Kier molecular flexibility index (Phi) is 3.89. The number of hydrogen-bond acceptors (Lipinski definition) is 3. The summed E-state index contributed by atoms with van der Waals surface area (Å²) in [6.07, 6.45) is 2.90. The first kappa shape index (κ1) is 12.9. The number of rotatable bonds is 3. The second kappa shape index (κ2) is 5.42. The molecule has 0 radical (unpaired) electrons. The van der Waals surface area contributed by atoms with Crippen LogP contribution in [0, 0.1) is 6.92 Å². The molecule has 18 heavy (non-hydrogen) atoms. The van der Waals surface area contributed by atoms with E-state index in [1.165, 1.54) is 0 Å². The van der Waals surface area contributed by atoms with E-state index in [0.717, 1.165) is 37.3 Å². The number of nitrogens with one attached hydrogen (secondary N) is 1. The predicted molar refractivity (Wildman–Crippen MR) is 68.2 cm³/mol. The zero-order chi connectivity index (χ0) is 13.1. The Morgan fingerprint density at radius 2 is 2.50 bits per heavy atom. The van der Waals surface area contributed by atoms with E-state index in [4.69, 9.17) is 4.52 Å². The molecule has 1 aliphatic heterocycles. The lowest BCUT2D eigenvalue weighted by atomic mass is 10.1. The van der Waals surface area contributed by atoms with Crippen LogP contribution in [-0.4, -0.2) is 28.7 Å². The number of likely N-dealkylation sites (tertiary alicyclic amines) is 1. The first-order chi connectivity index (χ1) is 8.61. The van der Waals surface area contributed by atoms with E-state index in [1.54, 1.807) is 0 Å². The summed E-state index contributed by atoms with van der Waals surface area (Å²) in [6, 6.07) is 2.16. The molecule has 5 nitrogen and oxygen atoms in total. The average Bonchev–Trinajstić information content (AvgIpc) is 2.96. The van der Waals surface area contributed by atoms with Gasteiger partial charge in [-0.1, -0.05) is 12.1 Å². The molecule has 2 unspecified atom stereocenters. The van der Waals surface area contributed by atoms with Crippen molar-refractivity contribution in [3.63, 3.8) is 0 Å². The molecule has 0 spiro atoms. The van der Waals surface area contributed by atoms with E-state index < -0.39 is 0 Å². The third-order valence-corrected chi connectivity index (χ3v) is 3.47. The van der Waals surface area contributed by atoms with Crippen molar-refractivity contribution >= 4 is 6.03 Å². The van der Waals surface area contributed by atoms with Gasteiger partial charge in [-0.2, -0.15) is 0 Å². The van der Waals surface area contributed by atoms with Crippen molar-refractivity contribution in [2.24, 2.45) is 0 Å². The molecule has 100 valence electrons. The van der Waals surface area contributed by atoms with Crippen LogP contribution in [0.1, 0.15) is 50.6 Å². The van der Waals surface area contributed by atoms with Crippen LogP contribution in [0.15, 0.2) is 10.6 Å². The summed E-state index contributed by atoms with van der Waals surface area (Å²) in [5, 5.41) is 6.90. The van der Waals surface area contributed by atoms with E-state index >= 15 is 0 Å². The third kappa shape index (κ3) is 2.66. The van der Waals surface area contributed by atoms with Crippen LogP contribution in [0.25, 0.3) is 0 Å². The van der Waals surface area contributed by atoms with Gasteiger partial charge in [0.2, 0.25) is 0 Å². The molecule has 0 bridgehead atoms. The van der Waals surface area contributed by atoms with Gasteiger partial charge in [-0.3, -0.25) is 0 Å². The van der Waals surface area contributed by atoms with Crippen LogP contribution in [0.4, 0.5) is 4.79 Å². The molecule has 1 aromatic heterocycles. The topological polar surface area (TPSA) is 58.4 Å². The molecule has 1 aromatic rings. The van der Waals surface area contributed by atoms with Crippen molar-refractivity contribution in [1.29, 1.82) is 0 Å². The number of nitrogens with zero attached hydrogens (tertiary/aromatic N) is 2. The van der Waals surface area contributed by atoms with Gasteiger partial charge in [0, 0.05) is 18.7 Å². The standard InChI is InChI=1S/C13H21N3O2/c1-4-9(2)14-13(17)16-7-5-6-11(16)12-8-10(3)15-18-12/h8-9,11H,4-7H2,1-3H3,(H,14,17). The Labute approximate surface area is 108 Å². The summed E-state index contributed by atoms with van der Waals surface area (Å²) in [5.41, 5.74) is 0.860. The van der Waals surface area contributed by atoms with Gasteiger partial charge in [-0.15, -0.1) is 0 Å². The van der Waals surface area contributed by atoms with Crippen LogP contribution in [0.3, 0.4) is 0 Å². The summed E-state index contributed by atoms with van der Waals surface area (Å²) in [4.78, 5) is 14.0. The third-order valence-electron chi connectivity index (χ3n) is 3.47. The summed E-state index contributed by atoms with van der Waals surface area (Å²) in [5.74, 6) is 0.796. The quantitative estimate of drug-likeness (QED) is 0.898. The number of carbonyl (C=O) groups is 1. The summed E-state index contributed by atoms with van der Waals surface area (Å²) >= 11 is 0. The maximum absolute atomic E-state index is 12.2. The molecule has 1 aliphatic rings. The van der Waals surface area contributed by atoms with Gasteiger partial charge < -0.3 is 14.7 Å². The molecule has 2 rings (SSSR count). The Morgan fingerprint density at radius 1 is 1.72 bits per heavy atom. The van der Waals surface area contributed by atoms with Crippen molar-refractivity contribution in [3.05, 3.63) is 17.5 Å². The van der Waals surface area contributed by atoms with Gasteiger partial charge in [0.15, 0.2) is 5.76 Å². The average molecular weight is 251 g/mol. The first-order valence-electron chi connectivity index (χ1n) is 6.62. The minimum absolute atomic E-state index is 0.000836. The number of amides is 2. The van der Waals surface area contributed by atoms with E-state index in [2.05, 4.69) is 17.4 Å². The molecule has 5 heteroatoms. The van der Waals surface area contributed by atoms with Gasteiger partial charge >= 0.3 is 6.03 Å². The summed E-state index contributed by atoms with van der Waals surface area (Å²) in [7, 11) is 0. The summed E-state index contributed by atoms with van der Waals surface area (Å²) < 4.78 is 5.29. The first-order valence-corrected chi connectivity index (χ1v) is 6.62. The van der Waals surface area contributed by atoms with E-state index in [-0.39, 0.29) is 18.1 Å². The lowest BCUT2D eigenvalue weighted by molar-refractivity contribution is 0.179. The number of aryl methyl sites for hydroxylation is 1. The number of urea groups is 1. The van der Waals surface area contributed by atoms with Crippen molar-refractivity contribution in [1.82, 2.24) is 15.4 Å². The largest absolute Gasteiger partial charge is 0.359 e. The fraction of sp³-hybridized carbons (Fsp3) is 0.692. The number of aromatic nitrogens is 1. The smallest absolute Gasteiger partial charge is 0.318 e. The predicted octanol–water partition coefficient (Wildman–Crippen LogP) is 2.63. The highest BCUT2D eigenvalue weighted by atomic mass is 16.5. The monoisotopic (exact) mass is 251 g/mol. The lowest BCUT2D eigenvalue weighted by Gasteiger charge is -2.24. The number of hydrogen-bond donors (Lipinski definition) is 1.